The van der Waals surface area contributed by atoms with Crippen LogP contribution in [0.25, 0.3) is 10.8 Å². The van der Waals surface area contributed by atoms with Gasteiger partial charge < -0.3 is 0 Å². The smallest absolute Gasteiger partial charge is 0.0574 e. The monoisotopic (exact) mass is 295 g/mol. The molecule has 1 heterocycles. The summed E-state index contributed by atoms with van der Waals surface area (Å²) in [6.07, 6.45) is 3.52. The van der Waals surface area contributed by atoms with Gasteiger partial charge in [0.2, 0.25) is 0 Å². The van der Waals surface area contributed by atoms with Gasteiger partial charge in [0.15, 0.2) is 0 Å². The van der Waals surface area contributed by atoms with Crippen molar-refractivity contribution in [1.29, 1.82) is 0 Å². The Hall–Kier alpha value is -0.641. The molecule has 0 unspecified atom stereocenters. The van der Waals surface area contributed by atoms with Crippen LogP contribution in [-0.4, -0.2) is 30.0 Å². The maximum Gasteiger partial charge on any atom is 0.0574 e. The first-order valence-electron chi connectivity index (χ1n) is 4.62. The van der Waals surface area contributed by atoms with Crippen molar-refractivity contribution in [3.63, 3.8) is 0 Å². The summed E-state index contributed by atoms with van der Waals surface area (Å²) < 4.78 is 0. The SMILES string of the molecule is [CH3][Sn]([CH3])[CH3].c1ccc2cnncc2c1. The van der Waals surface area contributed by atoms with Crippen LogP contribution in [0.1, 0.15) is 0 Å². The predicted molar refractivity (Wildman–Crippen MR) is 62.9 cm³/mol. The van der Waals surface area contributed by atoms with Crippen molar-refractivity contribution >= 4 is 30.5 Å². The van der Waals surface area contributed by atoms with Crippen molar-refractivity contribution < 1.29 is 0 Å². The second-order valence-electron chi connectivity index (χ2n) is 3.62. The van der Waals surface area contributed by atoms with Crippen molar-refractivity contribution in [3.8, 4) is 0 Å². The van der Waals surface area contributed by atoms with Crippen LogP contribution in [0.2, 0.25) is 14.8 Å². The molecule has 1 aromatic heterocycles. The van der Waals surface area contributed by atoms with E-state index in [1.165, 1.54) is 0 Å². The molecule has 0 saturated heterocycles. The molecule has 0 spiro atoms. The number of fused-ring (bicyclic) bond motifs is 1. The largest absolute Gasteiger partial charge is 0.158 e. The molecule has 2 nitrogen and oxygen atoms in total. The van der Waals surface area contributed by atoms with E-state index in [1.807, 2.05) is 24.3 Å². The second-order valence-corrected chi connectivity index (χ2v) is 12.2. The summed E-state index contributed by atoms with van der Waals surface area (Å²) in [5.41, 5.74) is 0. The Morgan fingerprint density at radius 1 is 0.857 bits per heavy atom. The van der Waals surface area contributed by atoms with E-state index in [9.17, 15) is 0 Å². The average Bonchev–Trinajstić information content (AvgIpc) is 2.17. The van der Waals surface area contributed by atoms with E-state index in [2.05, 4.69) is 25.0 Å². The molecular formula is C11H15N2Sn. The summed E-state index contributed by atoms with van der Waals surface area (Å²) >= 11 is -0.543. The molecule has 0 amide bonds. The van der Waals surface area contributed by atoms with E-state index in [0.717, 1.165) is 10.8 Å². The van der Waals surface area contributed by atoms with Crippen molar-refractivity contribution in [2.75, 3.05) is 0 Å². The Morgan fingerprint density at radius 2 is 1.21 bits per heavy atom. The molecule has 0 atom stereocenters. The van der Waals surface area contributed by atoms with E-state index < -0.39 is 19.8 Å². The zero-order valence-corrected chi connectivity index (χ0v) is 11.7. The summed E-state index contributed by atoms with van der Waals surface area (Å²) in [5, 5.41) is 9.80. The third kappa shape index (κ3) is 4.04. The van der Waals surface area contributed by atoms with Crippen LogP contribution < -0.4 is 0 Å². The molecule has 73 valence electrons. The van der Waals surface area contributed by atoms with Gasteiger partial charge in [-0.05, 0) is 0 Å². The third-order valence-corrected chi connectivity index (χ3v) is 1.46. The predicted octanol–water partition coefficient (Wildman–Crippen LogP) is 3.00. The first-order valence-corrected chi connectivity index (χ1v) is 13.2. The minimum absolute atomic E-state index is 0.543. The van der Waals surface area contributed by atoms with Crippen LogP contribution in [0.5, 0.6) is 0 Å². The van der Waals surface area contributed by atoms with Gasteiger partial charge in [0.1, 0.15) is 0 Å². The number of nitrogens with zero attached hydrogens (tertiary/aromatic N) is 2. The Bertz CT molecular complexity index is 319. The molecule has 2 aromatic rings. The van der Waals surface area contributed by atoms with Crippen LogP contribution in [0.4, 0.5) is 0 Å². The maximum atomic E-state index is 3.76. The summed E-state index contributed by atoms with van der Waals surface area (Å²) in [4.78, 5) is 7.09. The number of aromatic nitrogens is 2. The number of hydrogen-bond donors (Lipinski definition) is 0. The van der Waals surface area contributed by atoms with Gasteiger partial charge in [-0.3, -0.25) is 0 Å². The summed E-state index contributed by atoms with van der Waals surface area (Å²) in [7, 11) is 0. The maximum absolute atomic E-state index is 3.76. The zero-order chi connectivity index (χ0) is 10.4. The average molecular weight is 294 g/mol. The molecule has 1 aromatic carbocycles. The second kappa shape index (κ2) is 5.96. The van der Waals surface area contributed by atoms with E-state index in [4.69, 9.17) is 0 Å². The van der Waals surface area contributed by atoms with E-state index in [0.29, 0.717) is 0 Å². The van der Waals surface area contributed by atoms with Crippen LogP contribution >= 0.6 is 0 Å². The summed E-state index contributed by atoms with van der Waals surface area (Å²) in [5.74, 6) is 0. The first-order chi connectivity index (χ1) is 6.70. The van der Waals surface area contributed by atoms with Gasteiger partial charge in [-0.1, -0.05) is 24.3 Å². The minimum atomic E-state index is -0.543. The van der Waals surface area contributed by atoms with Gasteiger partial charge in [-0.25, -0.2) is 0 Å². The quantitative estimate of drug-likeness (QED) is 0.698. The number of hydrogen-bond acceptors (Lipinski definition) is 2. The van der Waals surface area contributed by atoms with Gasteiger partial charge in [-0.2, -0.15) is 10.2 Å². The first kappa shape index (κ1) is 11.4. The molecule has 1 radical (unpaired) electrons. The van der Waals surface area contributed by atoms with E-state index in [1.54, 1.807) is 12.4 Å². The molecule has 0 bridgehead atoms. The van der Waals surface area contributed by atoms with Crippen molar-refractivity contribution in [1.82, 2.24) is 10.2 Å². The fraction of sp³-hybridized carbons (Fsp3) is 0.273. The van der Waals surface area contributed by atoms with Gasteiger partial charge >= 0.3 is 34.6 Å². The van der Waals surface area contributed by atoms with Crippen LogP contribution in [0.3, 0.4) is 0 Å². The Morgan fingerprint density at radius 3 is 1.57 bits per heavy atom. The van der Waals surface area contributed by atoms with Crippen LogP contribution in [0.15, 0.2) is 36.7 Å². The number of rotatable bonds is 0. The van der Waals surface area contributed by atoms with Crippen LogP contribution in [-0.2, 0) is 0 Å². The molecule has 0 aliphatic carbocycles. The molecule has 0 aliphatic rings. The number of benzene rings is 1. The summed E-state index contributed by atoms with van der Waals surface area (Å²) in [6, 6.07) is 8.02. The molecule has 0 fully saturated rings. The topological polar surface area (TPSA) is 25.8 Å². The minimum Gasteiger partial charge on any atom is -0.158 e. The van der Waals surface area contributed by atoms with Gasteiger partial charge in [0.25, 0.3) is 0 Å². The van der Waals surface area contributed by atoms with Gasteiger partial charge in [0.05, 0.1) is 12.4 Å². The molecule has 0 aliphatic heterocycles. The molecule has 14 heavy (non-hydrogen) atoms. The fourth-order valence-corrected chi connectivity index (χ4v) is 0.937. The van der Waals surface area contributed by atoms with Gasteiger partial charge in [-0.15, -0.1) is 0 Å². The molecule has 2 rings (SSSR count). The molecule has 3 heteroatoms. The van der Waals surface area contributed by atoms with E-state index >= 15 is 0 Å². The van der Waals surface area contributed by atoms with Crippen molar-refractivity contribution in [3.05, 3.63) is 36.7 Å². The molecule has 0 saturated carbocycles. The van der Waals surface area contributed by atoms with Crippen LogP contribution in [0, 0.1) is 0 Å². The van der Waals surface area contributed by atoms with E-state index in [-0.39, 0.29) is 0 Å². The Labute approximate surface area is 92.1 Å². The van der Waals surface area contributed by atoms with Crippen molar-refractivity contribution in [2.24, 2.45) is 0 Å². The normalized spacial score (nSPS) is 9.71. The summed E-state index contributed by atoms with van der Waals surface area (Å²) in [6.45, 7) is 0. The van der Waals surface area contributed by atoms with Gasteiger partial charge in [0, 0.05) is 10.8 Å². The Kier molecular flexibility index (Phi) is 4.87. The third-order valence-electron chi connectivity index (χ3n) is 1.46. The Balaban J connectivity index is 0.000000213. The van der Waals surface area contributed by atoms with Crippen molar-refractivity contribution in [2.45, 2.75) is 14.8 Å². The zero-order valence-electron chi connectivity index (χ0n) is 8.86. The molecule has 0 N–H and O–H groups in total. The fourth-order valence-electron chi connectivity index (χ4n) is 0.937. The molecular weight excluding hydrogens is 279 g/mol. The standard InChI is InChI=1S/C8H6N2.3CH3.Sn/c1-2-4-8-6-10-9-5-7(8)3-1;;;;/h1-6H;3*1H3;.